The van der Waals surface area contributed by atoms with E-state index in [-0.39, 0.29) is 0 Å². The highest BCUT2D eigenvalue weighted by atomic mass is 15.2. The van der Waals surface area contributed by atoms with Gasteiger partial charge in [0.25, 0.3) is 0 Å². The number of likely N-dealkylation sites (tertiary alicyclic amines) is 2. The van der Waals surface area contributed by atoms with Gasteiger partial charge in [0.2, 0.25) is 0 Å². The smallest absolute Gasteiger partial charge is 0.00388 e. The van der Waals surface area contributed by atoms with Gasteiger partial charge in [-0.05, 0) is 64.3 Å². The SMILES string of the molecule is CC.CCN1CCCC2(CCN(C)CC2)C1. The standard InChI is InChI=1S/C12H24N2.C2H6/c1-3-14-8-4-5-12(11-14)6-9-13(2)10-7-12;1-2/h3-11H2,1-2H3;1-2H3. The van der Waals surface area contributed by atoms with Gasteiger partial charge < -0.3 is 9.80 Å². The summed E-state index contributed by atoms with van der Waals surface area (Å²) in [5.41, 5.74) is 0.695. The molecule has 0 radical (unpaired) electrons. The van der Waals surface area contributed by atoms with Crippen LogP contribution < -0.4 is 0 Å². The molecule has 0 aliphatic carbocycles. The van der Waals surface area contributed by atoms with E-state index in [0.29, 0.717) is 5.41 Å². The summed E-state index contributed by atoms with van der Waals surface area (Å²) in [4.78, 5) is 5.13. The van der Waals surface area contributed by atoms with Crippen molar-refractivity contribution in [2.24, 2.45) is 5.41 Å². The molecule has 2 fully saturated rings. The number of nitrogens with zero attached hydrogens (tertiary/aromatic N) is 2. The Hall–Kier alpha value is -0.0800. The highest BCUT2D eigenvalue weighted by molar-refractivity contribution is 4.90. The molecule has 2 rings (SSSR count). The Balaban J connectivity index is 0.000000606. The summed E-state index contributed by atoms with van der Waals surface area (Å²) in [7, 11) is 2.26. The van der Waals surface area contributed by atoms with Crippen LogP contribution in [0.5, 0.6) is 0 Å². The Morgan fingerprint density at radius 2 is 1.62 bits per heavy atom. The third kappa shape index (κ3) is 3.46. The van der Waals surface area contributed by atoms with Gasteiger partial charge in [0.1, 0.15) is 0 Å². The maximum Gasteiger partial charge on any atom is 0.00388 e. The maximum absolute atomic E-state index is 2.65. The van der Waals surface area contributed by atoms with Gasteiger partial charge in [-0.2, -0.15) is 0 Å². The predicted octanol–water partition coefficient (Wildman–Crippen LogP) is 2.84. The Labute approximate surface area is 102 Å². The van der Waals surface area contributed by atoms with Crippen LogP contribution in [0.1, 0.15) is 46.5 Å². The molecule has 0 N–H and O–H groups in total. The van der Waals surface area contributed by atoms with Crippen molar-refractivity contribution in [3.05, 3.63) is 0 Å². The highest BCUT2D eigenvalue weighted by Gasteiger charge is 2.36. The first-order valence-electron chi connectivity index (χ1n) is 7.15. The summed E-state index contributed by atoms with van der Waals surface area (Å²) >= 11 is 0. The normalized spacial score (nSPS) is 26.2. The fourth-order valence-corrected chi connectivity index (χ4v) is 3.08. The van der Waals surface area contributed by atoms with E-state index in [4.69, 9.17) is 0 Å². The van der Waals surface area contributed by atoms with Gasteiger partial charge in [0.05, 0.1) is 0 Å². The minimum Gasteiger partial charge on any atom is -0.306 e. The van der Waals surface area contributed by atoms with Crippen LogP contribution in [0, 0.1) is 5.41 Å². The Kier molecular flexibility index (Phi) is 5.77. The van der Waals surface area contributed by atoms with Crippen LogP contribution in [-0.2, 0) is 0 Å². The molecule has 0 atom stereocenters. The highest BCUT2D eigenvalue weighted by Crippen LogP contribution is 2.39. The van der Waals surface area contributed by atoms with Crippen molar-refractivity contribution in [1.29, 1.82) is 0 Å². The van der Waals surface area contributed by atoms with Crippen molar-refractivity contribution in [3.63, 3.8) is 0 Å². The van der Waals surface area contributed by atoms with Gasteiger partial charge in [-0.25, -0.2) is 0 Å². The van der Waals surface area contributed by atoms with E-state index in [0.717, 1.165) is 0 Å². The molecule has 0 unspecified atom stereocenters. The van der Waals surface area contributed by atoms with Crippen molar-refractivity contribution in [2.45, 2.75) is 46.5 Å². The predicted molar refractivity (Wildman–Crippen MR) is 71.9 cm³/mol. The van der Waals surface area contributed by atoms with E-state index in [9.17, 15) is 0 Å². The summed E-state index contributed by atoms with van der Waals surface area (Å²) in [5, 5.41) is 0. The molecule has 2 aliphatic rings. The van der Waals surface area contributed by atoms with E-state index in [1.165, 1.54) is 58.4 Å². The number of hydrogen-bond acceptors (Lipinski definition) is 2. The van der Waals surface area contributed by atoms with Gasteiger partial charge in [-0.1, -0.05) is 20.8 Å². The molecule has 0 aromatic heterocycles. The second-order valence-electron chi connectivity index (χ2n) is 5.28. The fraction of sp³-hybridized carbons (Fsp3) is 1.00. The summed E-state index contributed by atoms with van der Waals surface area (Å²) in [6.07, 6.45) is 5.77. The van der Waals surface area contributed by atoms with Gasteiger partial charge in [0.15, 0.2) is 0 Å². The molecule has 2 aliphatic heterocycles. The molecule has 0 aromatic rings. The van der Waals surface area contributed by atoms with E-state index < -0.39 is 0 Å². The molecule has 0 bridgehead atoms. The van der Waals surface area contributed by atoms with Crippen molar-refractivity contribution in [2.75, 3.05) is 39.8 Å². The van der Waals surface area contributed by atoms with E-state index in [1.807, 2.05) is 13.8 Å². The van der Waals surface area contributed by atoms with Crippen LogP contribution in [0.15, 0.2) is 0 Å². The van der Waals surface area contributed by atoms with Crippen LogP contribution in [-0.4, -0.2) is 49.6 Å². The second-order valence-corrected chi connectivity index (χ2v) is 5.28. The minimum atomic E-state index is 0.695. The zero-order chi connectivity index (χ0) is 12.0. The number of piperidine rings is 2. The fourth-order valence-electron chi connectivity index (χ4n) is 3.08. The Morgan fingerprint density at radius 1 is 1.00 bits per heavy atom. The van der Waals surface area contributed by atoms with Gasteiger partial charge in [0, 0.05) is 6.54 Å². The van der Waals surface area contributed by atoms with Crippen molar-refractivity contribution < 1.29 is 0 Å². The zero-order valence-electron chi connectivity index (χ0n) is 11.8. The first kappa shape index (κ1) is 14.0. The molecule has 1 spiro atoms. The Bertz CT molecular complexity index is 183. The van der Waals surface area contributed by atoms with Crippen LogP contribution in [0.2, 0.25) is 0 Å². The molecule has 0 aromatic carbocycles. The molecule has 0 amide bonds. The summed E-state index contributed by atoms with van der Waals surface area (Å²) in [6.45, 7) is 12.9. The first-order valence-corrected chi connectivity index (χ1v) is 7.15. The lowest BCUT2D eigenvalue weighted by atomic mass is 9.72. The summed E-state index contributed by atoms with van der Waals surface area (Å²) in [5.74, 6) is 0. The average molecular weight is 226 g/mol. The lowest BCUT2D eigenvalue weighted by molar-refractivity contribution is 0.0335. The Morgan fingerprint density at radius 3 is 2.19 bits per heavy atom. The number of hydrogen-bond donors (Lipinski definition) is 0. The monoisotopic (exact) mass is 226 g/mol. The van der Waals surface area contributed by atoms with Crippen molar-refractivity contribution in [3.8, 4) is 0 Å². The summed E-state index contributed by atoms with van der Waals surface area (Å²) in [6, 6.07) is 0. The van der Waals surface area contributed by atoms with Gasteiger partial charge >= 0.3 is 0 Å². The first-order chi connectivity index (χ1) is 7.74. The average Bonchev–Trinajstić information content (AvgIpc) is 2.36. The van der Waals surface area contributed by atoms with E-state index >= 15 is 0 Å². The number of rotatable bonds is 1. The topological polar surface area (TPSA) is 6.48 Å². The lowest BCUT2D eigenvalue weighted by Gasteiger charge is -2.47. The molecule has 2 heterocycles. The third-order valence-corrected chi connectivity index (χ3v) is 4.24. The molecule has 16 heavy (non-hydrogen) atoms. The molecular formula is C14H30N2. The third-order valence-electron chi connectivity index (χ3n) is 4.24. The lowest BCUT2D eigenvalue weighted by Crippen LogP contribution is -2.48. The van der Waals surface area contributed by atoms with E-state index in [2.05, 4.69) is 23.8 Å². The molecule has 2 nitrogen and oxygen atoms in total. The molecule has 2 saturated heterocycles. The van der Waals surface area contributed by atoms with Crippen LogP contribution >= 0.6 is 0 Å². The quantitative estimate of drug-likeness (QED) is 0.678. The van der Waals surface area contributed by atoms with Crippen LogP contribution in [0.3, 0.4) is 0 Å². The molecule has 0 saturated carbocycles. The molecule has 96 valence electrons. The largest absolute Gasteiger partial charge is 0.306 e. The zero-order valence-corrected chi connectivity index (χ0v) is 11.8. The van der Waals surface area contributed by atoms with Gasteiger partial charge in [-0.3, -0.25) is 0 Å². The maximum atomic E-state index is 2.65. The second kappa shape index (κ2) is 6.61. The molecule has 2 heteroatoms. The van der Waals surface area contributed by atoms with Gasteiger partial charge in [-0.15, -0.1) is 0 Å². The van der Waals surface area contributed by atoms with Crippen LogP contribution in [0.25, 0.3) is 0 Å². The van der Waals surface area contributed by atoms with Crippen molar-refractivity contribution >= 4 is 0 Å². The summed E-state index contributed by atoms with van der Waals surface area (Å²) < 4.78 is 0. The molecular weight excluding hydrogens is 196 g/mol. The van der Waals surface area contributed by atoms with Crippen molar-refractivity contribution in [1.82, 2.24) is 9.80 Å². The minimum absolute atomic E-state index is 0.695. The van der Waals surface area contributed by atoms with Crippen LogP contribution in [0.4, 0.5) is 0 Å². The van der Waals surface area contributed by atoms with E-state index in [1.54, 1.807) is 0 Å².